The minimum atomic E-state index is -0.865. The zero-order valence-electron chi connectivity index (χ0n) is 17.1. The molecule has 3 aromatic carbocycles. The fourth-order valence-corrected chi connectivity index (χ4v) is 5.16. The quantitative estimate of drug-likeness (QED) is 0.630. The molecule has 0 saturated carbocycles. The van der Waals surface area contributed by atoms with Crippen molar-refractivity contribution in [3.63, 3.8) is 0 Å². The standard InChI is InChI=1S/C27H23NO3/c1-26-18-6-5-9-24(26)27(19-10-14-22(29)15-11-19,20-12-16-23(30)17-13-20)28(25(26)31)21-7-3-2-4-8-21/h2-18,24,29-30H,1H3. The van der Waals surface area contributed by atoms with E-state index in [1.165, 1.54) is 0 Å². The number of anilines is 1. The number of phenols is 2. The molecule has 2 unspecified atom stereocenters. The molecule has 0 bridgehead atoms. The van der Waals surface area contributed by atoms with Crippen molar-refractivity contribution in [2.24, 2.45) is 11.3 Å². The van der Waals surface area contributed by atoms with Gasteiger partial charge in [-0.15, -0.1) is 0 Å². The van der Waals surface area contributed by atoms with Crippen LogP contribution in [0.1, 0.15) is 18.1 Å². The van der Waals surface area contributed by atoms with Gasteiger partial charge in [-0.2, -0.15) is 0 Å². The number of fused-ring (bicyclic) bond motifs is 1. The van der Waals surface area contributed by atoms with Gasteiger partial charge in [-0.1, -0.05) is 66.8 Å². The highest BCUT2D eigenvalue weighted by atomic mass is 16.3. The summed E-state index contributed by atoms with van der Waals surface area (Å²) < 4.78 is 0. The first kappa shape index (κ1) is 19.2. The van der Waals surface area contributed by atoms with Crippen LogP contribution in [0.4, 0.5) is 5.69 Å². The van der Waals surface area contributed by atoms with Gasteiger partial charge in [0.05, 0.1) is 5.41 Å². The van der Waals surface area contributed by atoms with E-state index < -0.39 is 11.0 Å². The lowest BCUT2D eigenvalue weighted by Gasteiger charge is -2.43. The van der Waals surface area contributed by atoms with Crippen LogP contribution in [0.15, 0.2) is 103 Å². The first-order valence-corrected chi connectivity index (χ1v) is 10.3. The number of amides is 1. The molecule has 0 radical (unpaired) electrons. The molecule has 2 atom stereocenters. The molecule has 0 aromatic heterocycles. The van der Waals surface area contributed by atoms with E-state index in [1.54, 1.807) is 24.3 Å². The summed E-state index contributed by atoms with van der Waals surface area (Å²) in [7, 11) is 0. The van der Waals surface area contributed by atoms with Gasteiger partial charge in [0.15, 0.2) is 0 Å². The van der Waals surface area contributed by atoms with Crippen LogP contribution in [-0.4, -0.2) is 16.1 Å². The number of allylic oxidation sites excluding steroid dienone is 2. The normalized spacial score (nSPS) is 23.7. The van der Waals surface area contributed by atoms with Crippen molar-refractivity contribution in [1.29, 1.82) is 0 Å². The Hall–Kier alpha value is -3.79. The Kier molecular flexibility index (Phi) is 4.26. The summed E-state index contributed by atoms with van der Waals surface area (Å²) >= 11 is 0. The molecule has 2 N–H and O–H groups in total. The third-order valence-electron chi connectivity index (χ3n) is 6.60. The molecule has 3 aromatic rings. The first-order valence-electron chi connectivity index (χ1n) is 10.3. The van der Waals surface area contributed by atoms with E-state index in [0.717, 1.165) is 16.8 Å². The van der Waals surface area contributed by atoms with E-state index in [1.807, 2.05) is 84.6 Å². The molecule has 154 valence electrons. The fraction of sp³-hybridized carbons (Fsp3) is 0.148. The lowest BCUT2D eigenvalue weighted by molar-refractivity contribution is -0.123. The van der Waals surface area contributed by atoms with Gasteiger partial charge in [0.1, 0.15) is 17.0 Å². The largest absolute Gasteiger partial charge is 0.508 e. The van der Waals surface area contributed by atoms with Crippen LogP contribution >= 0.6 is 0 Å². The minimum Gasteiger partial charge on any atom is -0.508 e. The smallest absolute Gasteiger partial charge is 0.238 e. The molecule has 1 fully saturated rings. The summed E-state index contributed by atoms with van der Waals surface area (Å²) in [6.07, 6.45) is 8.00. The van der Waals surface area contributed by atoms with Crippen molar-refractivity contribution in [2.75, 3.05) is 4.90 Å². The zero-order chi connectivity index (χ0) is 21.6. The number of para-hydroxylation sites is 1. The maximum absolute atomic E-state index is 14.1. The Bertz CT molecular complexity index is 1130. The van der Waals surface area contributed by atoms with Crippen molar-refractivity contribution in [2.45, 2.75) is 12.5 Å². The van der Waals surface area contributed by atoms with Gasteiger partial charge in [-0.25, -0.2) is 0 Å². The molecule has 1 amide bonds. The summed E-state index contributed by atoms with van der Waals surface area (Å²) in [5, 5.41) is 19.9. The number of nitrogens with zero attached hydrogens (tertiary/aromatic N) is 1. The summed E-state index contributed by atoms with van der Waals surface area (Å²) in [5.41, 5.74) is 0.964. The van der Waals surface area contributed by atoms with Crippen molar-refractivity contribution < 1.29 is 15.0 Å². The maximum Gasteiger partial charge on any atom is 0.238 e. The average molecular weight is 409 g/mol. The Morgan fingerprint density at radius 1 is 0.774 bits per heavy atom. The SMILES string of the molecule is CC12C=CC=CC1C(c1ccc(O)cc1)(c1ccc(O)cc1)N(c1ccccc1)C2=O. The third-order valence-corrected chi connectivity index (χ3v) is 6.60. The van der Waals surface area contributed by atoms with Crippen LogP contribution in [-0.2, 0) is 10.3 Å². The fourth-order valence-electron chi connectivity index (χ4n) is 5.16. The lowest BCUT2D eigenvalue weighted by Crippen LogP contribution is -2.47. The Morgan fingerprint density at radius 2 is 1.32 bits per heavy atom. The molecule has 5 rings (SSSR count). The van der Waals surface area contributed by atoms with Crippen molar-refractivity contribution in [3.8, 4) is 11.5 Å². The van der Waals surface area contributed by atoms with Gasteiger partial charge in [0.25, 0.3) is 0 Å². The molecule has 4 heteroatoms. The molecule has 1 aliphatic carbocycles. The van der Waals surface area contributed by atoms with E-state index >= 15 is 0 Å². The molecule has 31 heavy (non-hydrogen) atoms. The second-order valence-electron chi connectivity index (χ2n) is 8.34. The molecule has 2 aliphatic rings. The highest BCUT2D eigenvalue weighted by molar-refractivity contribution is 6.05. The summed E-state index contributed by atoms with van der Waals surface area (Å²) in [4.78, 5) is 16.0. The van der Waals surface area contributed by atoms with Gasteiger partial charge < -0.3 is 10.2 Å². The number of carbonyl (C=O) groups is 1. The first-order chi connectivity index (χ1) is 15.0. The predicted molar refractivity (Wildman–Crippen MR) is 121 cm³/mol. The van der Waals surface area contributed by atoms with Crippen molar-refractivity contribution in [1.82, 2.24) is 0 Å². The molecule has 1 saturated heterocycles. The van der Waals surface area contributed by atoms with E-state index in [4.69, 9.17) is 0 Å². The molecule has 1 heterocycles. The van der Waals surface area contributed by atoms with Crippen LogP contribution in [0.25, 0.3) is 0 Å². The van der Waals surface area contributed by atoms with Crippen LogP contribution < -0.4 is 4.90 Å². The van der Waals surface area contributed by atoms with Crippen molar-refractivity contribution in [3.05, 3.63) is 114 Å². The second kappa shape index (κ2) is 6.88. The van der Waals surface area contributed by atoms with Gasteiger partial charge in [-0.3, -0.25) is 9.69 Å². The Morgan fingerprint density at radius 3 is 1.87 bits per heavy atom. The van der Waals surface area contributed by atoms with E-state index in [-0.39, 0.29) is 23.3 Å². The van der Waals surface area contributed by atoms with Gasteiger partial charge in [0, 0.05) is 11.6 Å². The Balaban J connectivity index is 1.90. The zero-order valence-corrected chi connectivity index (χ0v) is 17.1. The number of benzene rings is 3. The lowest BCUT2D eigenvalue weighted by atomic mass is 9.64. The minimum absolute atomic E-state index is 0.00505. The molecule has 1 aliphatic heterocycles. The Labute approximate surface area is 181 Å². The highest BCUT2D eigenvalue weighted by Crippen LogP contribution is 2.60. The van der Waals surface area contributed by atoms with Crippen LogP contribution in [0.5, 0.6) is 11.5 Å². The number of carbonyl (C=O) groups excluding carboxylic acids is 1. The maximum atomic E-state index is 14.1. The van der Waals surface area contributed by atoms with Crippen LogP contribution in [0, 0.1) is 11.3 Å². The molecule has 4 nitrogen and oxygen atoms in total. The van der Waals surface area contributed by atoms with Crippen molar-refractivity contribution >= 4 is 11.6 Å². The van der Waals surface area contributed by atoms with Gasteiger partial charge in [-0.05, 0) is 54.4 Å². The summed E-state index contributed by atoms with van der Waals surface area (Å²) in [6.45, 7) is 1.98. The van der Waals surface area contributed by atoms with Crippen LogP contribution in [0.2, 0.25) is 0 Å². The second-order valence-corrected chi connectivity index (χ2v) is 8.34. The molecular weight excluding hydrogens is 386 g/mol. The van der Waals surface area contributed by atoms with E-state index in [9.17, 15) is 15.0 Å². The number of rotatable bonds is 3. The number of hydrogen-bond donors (Lipinski definition) is 2. The average Bonchev–Trinajstić information content (AvgIpc) is 3.00. The number of aromatic hydroxyl groups is 2. The summed E-state index contributed by atoms with van der Waals surface area (Å²) in [5.74, 6) is 0.140. The topological polar surface area (TPSA) is 60.8 Å². The number of phenolic OH excluding ortho intramolecular Hbond substituents is 2. The van der Waals surface area contributed by atoms with Crippen LogP contribution in [0.3, 0.4) is 0 Å². The van der Waals surface area contributed by atoms with E-state index in [0.29, 0.717) is 0 Å². The predicted octanol–water partition coefficient (Wildman–Crippen LogP) is 5.14. The number of hydrogen-bond acceptors (Lipinski definition) is 3. The molecular formula is C27H23NO3. The van der Waals surface area contributed by atoms with Gasteiger partial charge >= 0.3 is 0 Å². The monoisotopic (exact) mass is 409 g/mol. The highest BCUT2D eigenvalue weighted by Gasteiger charge is 2.65. The van der Waals surface area contributed by atoms with E-state index in [2.05, 4.69) is 6.08 Å². The third kappa shape index (κ3) is 2.65. The summed E-state index contributed by atoms with van der Waals surface area (Å²) in [6, 6.07) is 23.8. The van der Waals surface area contributed by atoms with Gasteiger partial charge in [0.2, 0.25) is 5.91 Å². The molecule has 0 spiro atoms.